The number of esters is 1. The van der Waals surface area contributed by atoms with E-state index in [4.69, 9.17) is 28.3 Å². The fourth-order valence-electron chi connectivity index (χ4n) is 1.32. The van der Waals surface area contributed by atoms with Gasteiger partial charge in [-0.2, -0.15) is 0 Å². The monoisotopic (exact) mass is 291 g/mol. The van der Waals surface area contributed by atoms with Crippen LogP contribution in [0.3, 0.4) is 0 Å². The van der Waals surface area contributed by atoms with Crippen molar-refractivity contribution in [1.29, 1.82) is 0 Å². The maximum absolute atomic E-state index is 11.5. The molecule has 0 fully saturated rings. The summed E-state index contributed by atoms with van der Waals surface area (Å²) in [5.41, 5.74) is 0.481. The highest BCUT2D eigenvalue weighted by Crippen LogP contribution is 2.30. The summed E-state index contributed by atoms with van der Waals surface area (Å²) in [6.45, 7) is 0.140. The fraction of sp³-hybridized carbons (Fsp3) is 0.273. The molecule has 0 aliphatic carbocycles. The minimum absolute atomic E-state index is 0.0977. The number of carbonyl (C=O) groups excluding carboxylic acids is 1. The average molecular weight is 292 g/mol. The lowest BCUT2D eigenvalue weighted by Gasteiger charge is -2.12. The molecule has 0 bridgehead atoms. The van der Waals surface area contributed by atoms with Gasteiger partial charge in [0.25, 0.3) is 0 Å². The van der Waals surface area contributed by atoms with E-state index in [1.807, 2.05) is 0 Å². The molecule has 0 radical (unpaired) electrons. The largest absolute Gasteiger partial charge is 0.481 e. The Hall–Kier alpha value is -1.46. The molecule has 1 aromatic rings. The highest BCUT2D eigenvalue weighted by atomic mass is 35.5. The van der Waals surface area contributed by atoms with Crippen LogP contribution in [0.5, 0.6) is 0 Å². The van der Waals surface area contributed by atoms with Gasteiger partial charge in [0.1, 0.15) is 0 Å². The summed E-state index contributed by atoms with van der Waals surface area (Å²) in [5, 5.41) is 11.9. The van der Waals surface area contributed by atoms with Gasteiger partial charge >= 0.3 is 11.9 Å². The molecule has 1 rings (SSSR count). The van der Waals surface area contributed by atoms with Crippen LogP contribution >= 0.6 is 23.2 Å². The van der Waals surface area contributed by atoms with Gasteiger partial charge in [-0.1, -0.05) is 23.2 Å². The van der Waals surface area contributed by atoms with Crippen LogP contribution in [0.15, 0.2) is 12.1 Å². The van der Waals surface area contributed by atoms with Gasteiger partial charge < -0.3 is 15.2 Å². The van der Waals surface area contributed by atoms with Crippen LogP contribution in [0.4, 0.5) is 5.69 Å². The SMILES string of the molecule is COC(=O)c1cc(Cl)cc(Cl)c1NCCC(=O)O. The molecule has 0 saturated carbocycles. The van der Waals surface area contributed by atoms with Gasteiger partial charge in [0.2, 0.25) is 0 Å². The van der Waals surface area contributed by atoms with Crippen LogP contribution in [0.25, 0.3) is 0 Å². The zero-order valence-electron chi connectivity index (χ0n) is 9.50. The van der Waals surface area contributed by atoms with Crippen LogP contribution in [0, 0.1) is 0 Å². The van der Waals surface area contributed by atoms with Gasteiger partial charge in [-0.05, 0) is 12.1 Å². The molecular formula is C11H11Cl2NO4. The quantitative estimate of drug-likeness (QED) is 0.816. The maximum atomic E-state index is 11.5. The number of carboxylic acid groups (broad SMARTS) is 1. The number of nitrogens with one attached hydrogen (secondary N) is 1. The number of rotatable bonds is 5. The molecular weight excluding hydrogens is 281 g/mol. The van der Waals surface area contributed by atoms with E-state index < -0.39 is 11.9 Å². The summed E-state index contributed by atoms with van der Waals surface area (Å²) in [7, 11) is 1.23. The second-order valence-corrected chi connectivity index (χ2v) is 4.22. The number of benzene rings is 1. The molecule has 7 heteroatoms. The van der Waals surface area contributed by atoms with Gasteiger partial charge in [-0.25, -0.2) is 4.79 Å². The zero-order valence-corrected chi connectivity index (χ0v) is 11.0. The van der Waals surface area contributed by atoms with E-state index in [0.29, 0.717) is 10.7 Å². The first-order chi connectivity index (χ1) is 8.45. The first-order valence-corrected chi connectivity index (χ1v) is 5.74. The Morgan fingerprint density at radius 1 is 1.39 bits per heavy atom. The lowest BCUT2D eigenvalue weighted by molar-refractivity contribution is -0.136. The minimum atomic E-state index is -0.952. The Bertz CT molecular complexity index is 476. The van der Waals surface area contributed by atoms with Gasteiger partial charge in [0.15, 0.2) is 0 Å². The Balaban J connectivity index is 3.00. The average Bonchev–Trinajstić information content (AvgIpc) is 2.30. The van der Waals surface area contributed by atoms with E-state index in [2.05, 4.69) is 10.1 Å². The van der Waals surface area contributed by atoms with Crippen molar-refractivity contribution in [2.75, 3.05) is 19.0 Å². The van der Waals surface area contributed by atoms with E-state index >= 15 is 0 Å². The van der Waals surface area contributed by atoms with Crippen molar-refractivity contribution >= 4 is 40.8 Å². The lowest BCUT2D eigenvalue weighted by Crippen LogP contribution is -2.12. The van der Waals surface area contributed by atoms with Crippen molar-refractivity contribution < 1.29 is 19.4 Å². The highest BCUT2D eigenvalue weighted by molar-refractivity contribution is 6.37. The van der Waals surface area contributed by atoms with Crippen LogP contribution in [0.2, 0.25) is 10.0 Å². The topological polar surface area (TPSA) is 75.6 Å². The third-order valence-electron chi connectivity index (χ3n) is 2.10. The molecule has 0 saturated heterocycles. The van der Waals surface area contributed by atoms with Gasteiger partial charge in [0, 0.05) is 11.6 Å². The van der Waals surface area contributed by atoms with Gasteiger partial charge in [0.05, 0.1) is 29.8 Å². The minimum Gasteiger partial charge on any atom is -0.481 e. The summed E-state index contributed by atoms with van der Waals surface area (Å²) < 4.78 is 4.60. The molecule has 0 unspecified atom stereocenters. The molecule has 0 aromatic heterocycles. The Labute approximate surface area is 114 Å². The summed E-state index contributed by atoms with van der Waals surface area (Å²) in [4.78, 5) is 22.0. The number of anilines is 1. The first-order valence-electron chi connectivity index (χ1n) is 4.98. The third kappa shape index (κ3) is 3.78. The van der Waals surface area contributed by atoms with Crippen molar-refractivity contribution in [3.8, 4) is 0 Å². The van der Waals surface area contributed by atoms with Crippen LogP contribution < -0.4 is 5.32 Å². The second kappa shape index (κ2) is 6.47. The number of hydrogen-bond donors (Lipinski definition) is 2. The maximum Gasteiger partial charge on any atom is 0.340 e. The Morgan fingerprint density at radius 3 is 2.61 bits per heavy atom. The molecule has 0 aliphatic rings. The third-order valence-corrected chi connectivity index (χ3v) is 2.62. The van der Waals surface area contributed by atoms with Crippen molar-refractivity contribution in [3.05, 3.63) is 27.7 Å². The summed E-state index contributed by atoms with van der Waals surface area (Å²) >= 11 is 11.7. The van der Waals surface area contributed by atoms with E-state index in [0.717, 1.165) is 0 Å². The molecule has 0 aliphatic heterocycles. The molecule has 5 nitrogen and oxygen atoms in total. The van der Waals surface area contributed by atoms with Gasteiger partial charge in [-0.15, -0.1) is 0 Å². The van der Waals surface area contributed by atoms with Crippen molar-refractivity contribution in [3.63, 3.8) is 0 Å². The number of aliphatic carboxylic acids is 1. The summed E-state index contributed by atoms with van der Waals surface area (Å²) in [5.74, 6) is -1.55. The van der Waals surface area contributed by atoms with Crippen LogP contribution in [-0.2, 0) is 9.53 Å². The van der Waals surface area contributed by atoms with Crippen LogP contribution in [0.1, 0.15) is 16.8 Å². The lowest BCUT2D eigenvalue weighted by atomic mass is 10.1. The van der Waals surface area contributed by atoms with E-state index in [-0.39, 0.29) is 23.6 Å². The van der Waals surface area contributed by atoms with E-state index in [1.165, 1.54) is 19.2 Å². The van der Waals surface area contributed by atoms with E-state index in [1.54, 1.807) is 0 Å². The normalized spacial score (nSPS) is 9.94. The Morgan fingerprint density at radius 2 is 2.06 bits per heavy atom. The number of methoxy groups -OCH3 is 1. The number of carbonyl (C=O) groups is 2. The molecule has 98 valence electrons. The van der Waals surface area contributed by atoms with Crippen molar-refractivity contribution in [2.24, 2.45) is 0 Å². The molecule has 18 heavy (non-hydrogen) atoms. The van der Waals surface area contributed by atoms with Crippen LogP contribution in [-0.4, -0.2) is 30.7 Å². The molecule has 2 N–H and O–H groups in total. The Kier molecular flexibility index (Phi) is 5.25. The smallest absolute Gasteiger partial charge is 0.340 e. The highest BCUT2D eigenvalue weighted by Gasteiger charge is 2.16. The summed E-state index contributed by atoms with van der Waals surface area (Å²) in [6, 6.07) is 2.86. The molecule has 0 atom stereocenters. The molecule has 0 amide bonds. The van der Waals surface area contributed by atoms with Gasteiger partial charge in [-0.3, -0.25) is 4.79 Å². The second-order valence-electron chi connectivity index (χ2n) is 3.37. The van der Waals surface area contributed by atoms with E-state index in [9.17, 15) is 9.59 Å². The summed E-state index contributed by atoms with van der Waals surface area (Å²) in [6.07, 6.45) is -0.0977. The molecule has 1 aromatic carbocycles. The number of hydrogen-bond acceptors (Lipinski definition) is 4. The zero-order chi connectivity index (χ0) is 13.7. The predicted molar refractivity (Wildman–Crippen MR) is 68.5 cm³/mol. The number of ether oxygens (including phenoxy) is 1. The number of halogens is 2. The first kappa shape index (κ1) is 14.6. The van der Waals surface area contributed by atoms with Crippen molar-refractivity contribution in [1.82, 2.24) is 0 Å². The standard InChI is InChI=1S/C11H11Cl2NO4/c1-18-11(17)7-4-6(12)5-8(13)10(7)14-3-2-9(15)16/h4-5,14H,2-3H2,1H3,(H,15,16). The molecule has 0 heterocycles. The van der Waals surface area contributed by atoms with Crippen molar-refractivity contribution in [2.45, 2.75) is 6.42 Å². The number of carboxylic acids is 1. The fourth-order valence-corrected chi connectivity index (χ4v) is 1.88. The molecule has 0 spiro atoms. The predicted octanol–water partition coefficient (Wildman–Crippen LogP) is 2.67.